The third-order valence-corrected chi connectivity index (χ3v) is 2.38. The highest BCUT2D eigenvalue weighted by Gasteiger charge is 2.02. The maximum absolute atomic E-state index is 5.05. The number of nitrogens with one attached hydrogen (secondary N) is 4. The molecule has 0 amide bonds. The van der Waals surface area contributed by atoms with Crippen LogP contribution >= 0.6 is 24.4 Å². The van der Waals surface area contributed by atoms with Gasteiger partial charge in [-0.05, 0) is 62.5 Å². The van der Waals surface area contributed by atoms with Crippen molar-refractivity contribution in [3.8, 4) is 0 Å². The van der Waals surface area contributed by atoms with Gasteiger partial charge in [0.05, 0.1) is 0 Å². The zero-order valence-electron chi connectivity index (χ0n) is 12.4. The standard InChI is InChI=1S/C14H18N4O2S2/c1-9(2)17-19-13(21)15-11-5-7-12(8-6-11)16-14(22)20-18-10(3)4/h5-8,17-18H,1,3H2,2,4H3,(H,15,21)(H,16,22). The summed E-state index contributed by atoms with van der Waals surface area (Å²) in [6.07, 6.45) is 0. The predicted molar refractivity (Wildman–Crippen MR) is 97.0 cm³/mol. The van der Waals surface area contributed by atoms with E-state index in [2.05, 4.69) is 34.8 Å². The minimum Gasteiger partial charge on any atom is -0.352 e. The van der Waals surface area contributed by atoms with Crippen LogP contribution in [0.3, 0.4) is 0 Å². The largest absolute Gasteiger partial charge is 0.352 e. The van der Waals surface area contributed by atoms with Gasteiger partial charge in [-0.25, -0.2) is 11.0 Å². The third kappa shape index (κ3) is 7.46. The molecule has 118 valence electrons. The second-order valence-electron chi connectivity index (χ2n) is 4.37. The van der Waals surface area contributed by atoms with E-state index in [-0.39, 0.29) is 10.3 Å². The van der Waals surface area contributed by atoms with E-state index in [1.165, 1.54) is 0 Å². The van der Waals surface area contributed by atoms with Gasteiger partial charge in [-0.1, -0.05) is 13.2 Å². The molecule has 0 aromatic heterocycles. The van der Waals surface area contributed by atoms with E-state index in [4.69, 9.17) is 34.1 Å². The van der Waals surface area contributed by atoms with Crippen molar-refractivity contribution in [2.75, 3.05) is 10.6 Å². The van der Waals surface area contributed by atoms with Gasteiger partial charge in [-0.15, -0.1) is 0 Å². The number of thiocarbonyl (C=S) groups is 2. The second-order valence-corrected chi connectivity index (χ2v) is 5.11. The molecule has 0 spiro atoms. The molecule has 0 heterocycles. The van der Waals surface area contributed by atoms with Crippen molar-refractivity contribution in [3.05, 3.63) is 48.8 Å². The van der Waals surface area contributed by atoms with E-state index in [9.17, 15) is 0 Å². The quantitative estimate of drug-likeness (QED) is 0.466. The molecule has 0 saturated carbocycles. The average Bonchev–Trinajstić information content (AvgIpc) is 2.45. The Kier molecular flexibility index (Phi) is 7.14. The molecule has 1 aromatic carbocycles. The minimum atomic E-state index is 0.188. The van der Waals surface area contributed by atoms with Crippen LogP contribution in [0.2, 0.25) is 0 Å². The number of allylic oxidation sites excluding steroid dienone is 2. The van der Waals surface area contributed by atoms with Crippen molar-refractivity contribution < 1.29 is 9.68 Å². The molecule has 0 aliphatic carbocycles. The molecule has 4 N–H and O–H groups in total. The highest BCUT2D eigenvalue weighted by molar-refractivity contribution is 7.80. The fraction of sp³-hybridized carbons (Fsp3) is 0.143. The van der Waals surface area contributed by atoms with Crippen molar-refractivity contribution in [1.29, 1.82) is 0 Å². The lowest BCUT2D eigenvalue weighted by Gasteiger charge is -2.12. The van der Waals surface area contributed by atoms with Crippen molar-refractivity contribution in [1.82, 2.24) is 11.0 Å². The zero-order chi connectivity index (χ0) is 16.5. The maximum Gasteiger partial charge on any atom is 0.290 e. The smallest absolute Gasteiger partial charge is 0.290 e. The Hall–Kier alpha value is -2.32. The highest BCUT2D eigenvalue weighted by Crippen LogP contribution is 2.14. The molecular weight excluding hydrogens is 320 g/mol. The van der Waals surface area contributed by atoms with Gasteiger partial charge in [-0.3, -0.25) is 0 Å². The summed E-state index contributed by atoms with van der Waals surface area (Å²) in [6, 6.07) is 7.25. The van der Waals surface area contributed by atoms with Crippen molar-refractivity contribution in [2.45, 2.75) is 13.8 Å². The topological polar surface area (TPSA) is 66.6 Å². The molecule has 0 radical (unpaired) electrons. The van der Waals surface area contributed by atoms with Crippen molar-refractivity contribution in [3.63, 3.8) is 0 Å². The number of hydrogen-bond acceptors (Lipinski definition) is 6. The maximum atomic E-state index is 5.05. The normalized spacial score (nSPS) is 9.18. The Bertz CT molecular complexity index is 522. The van der Waals surface area contributed by atoms with Gasteiger partial charge in [0.15, 0.2) is 0 Å². The van der Waals surface area contributed by atoms with Gasteiger partial charge in [-0.2, -0.15) is 0 Å². The zero-order valence-corrected chi connectivity index (χ0v) is 14.0. The Labute approximate surface area is 140 Å². The molecule has 0 fully saturated rings. The number of anilines is 2. The summed E-state index contributed by atoms with van der Waals surface area (Å²) in [4.78, 5) is 10.1. The van der Waals surface area contributed by atoms with E-state index >= 15 is 0 Å². The number of rotatable bonds is 6. The lowest BCUT2D eigenvalue weighted by Crippen LogP contribution is -2.22. The molecule has 22 heavy (non-hydrogen) atoms. The summed E-state index contributed by atoms with van der Waals surface area (Å²) in [5.74, 6) is 0. The Balaban J connectivity index is 2.45. The van der Waals surface area contributed by atoms with Crippen LogP contribution in [0.4, 0.5) is 11.4 Å². The van der Waals surface area contributed by atoms with E-state index in [1.807, 2.05) is 24.3 Å². The van der Waals surface area contributed by atoms with Crippen molar-refractivity contribution >= 4 is 46.2 Å². The molecular formula is C14H18N4O2S2. The molecule has 8 heteroatoms. The Morgan fingerprint density at radius 1 is 0.818 bits per heavy atom. The molecule has 0 aliphatic heterocycles. The predicted octanol–water partition coefficient (Wildman–Crippen LogP) is 3.19. The lowest BCUT2D eigenvalue weighted by atomic mass is 10.3. The Morgan fingerprint density at radius 2 is 1.14 bits per heavy atom. The van der Waals surface area contributed by atoms with E-state index in [1.54, 1.807) is 13.8 Å². The van der Waals surface area contributed by atoms with Gasteiger partial charge in [0.1, 0.15) is 0 Å². The van der Waals surface area contributed by atoms with Gasteiger partial charge in [0.25, 0.3) is 10.3 Å². The summed E-state index contributed by atoms with van der Waals surface area (Å²) in [5.41, 5.74) is 7.98. The molecule has 0 atom stereocenters. The first-order chi connectivity index (χ1) is 10.4. The number of hydroxylamine groups is 2. The molecule has 0 bridgehead atoms. The van der Waals surface area contributed by atoms with Crippen LogP contribution in [-0.4, -0.2) is 10.3 Å². The summed E-state index contributed by atoms with van der Waals surface area (Å²) < 4.78 is 0. The summed E-state index contributed by atoms with van der Waals surface area (Å²) >= 11 is 10.0. The van der Waals surface area contributed by atoms with Gasteiger partial charge < -0.3 is 20.3 Å². The Morgan fingerprint density at radius 3 is 1.41 bits per heavy atom. The molecule has 1 aromatic rings. The fourth-order valence-electron chi connectivity index (χ4n) is 1.19. The molecule has 0 aliphatic rings. The summed E-state index contributed by atoms with van der Waals surface area (Å²) in [5, 5.41) is 6.19. The minimum absolute atomic E-state index is 0.188. The summed E-state index contributed by atoms with van der Waals surface area (Å²) in [6.45, 7) is 10.8. The fourth-order valence-corrected chi connectivity index (χ4v) is 1.51. The average molecular weight is 338 g/mol. The van der Waals surface area contributed by atoms with Crippen LogP contribution in [-0.2, 0) is 9.68 Å². The van der Waals surface area contributed by atoms with Crippen LogP contribution in [0.15, 0.2) is 48.8 Å². The van der Waals surface area contributed by atoms with Gasteiger partial charge in [0.2, 0.25) is 0 Å². The van der Waals surface area contributed by atoms with Gasteiger partial charge >= 0.3 is 0 Å². The molecule has 1 rings (SSSR count). The van der Waals surface area contributed by atoms with Crippen LogP contribution in [0.1, 0.15) is 13.8 Å². The second kappa shape index (κ2) is 8.85. The van der Waals surface area contributed by atoms with Crippen molar-refractivity contribution in [2.24, 2.45) is 0 Å². The number of hydrogen-bond donors (Lipinski definition) is 4. The first-order valence-electron chi connectivity index (χ1n) is 6.25. The van der Waals surface area contributed by atoms with E-state index in [0.29, 0.717) is 11.4 Å². The summed E-state index contributed by atoms with van der Waals surface area (Å²) in [7, 11) is 0. The SMILES string of the molecule is C=C(C)NOC(=S)Nc1ccc(NC(=S)ONC(=C)C)cc1. The third-order valence-electron chi connectivity index (χ3n) is 2.01. The first kappa shape index (κ1) is 17.7. The van der Waals surface area contributed by atoms with Crippen LogP contribution in [0.25, 0.3) is 0 Å². The van der Waals surface area contributed by atoms with Crippen LogP contribution in [0, 0.1) is 0 Å². The van der Waals surface area contributed by atoms with Gasteiger partial charge in [0, 0.05) is 22.8 Å². The highest BCUT2D eigenvalue weighted by atomic mass is 32.1. The van der Waals surface area contributed by atoms with E-state index < -0.39 is 0 Å². The lowest BCUT2D eigenvalue weighted by molar-refractivity contribution is 0.221. The molecule has 0 saturated heterocycles. The first-order valence-corrected chi connectivity index (χ1v) is 7.07. The number of benzene rings is 1. The molecule has 0 unspecified atom stereocenters. The molecule has 6 nitrogen and oxygen atoms in total. The van der Waals surface area contributed by atoms with Crippen LogP contribution in [0.5, 0.6) is 0 Å². The monoisotopic (exact) mass is 338 g/mol. The van der Waals surface area contributed by atoms with Crippen LogP contribution < -0.4 is 21.6 Å². The van der Waals surface area contributed by atoms with E-state index in [0.717, 1.165) is 11.4 Å².